The van der Waals surface area contributed by atoms with Crippen molar-refractivity contribution < 1.29 is 14.7 Å². The monoisotopic (exact) mass is 269 g/mol. The molecule has 0 aromatic carbocycles. The van der Waals surface area contributed by atoms with Gasteiger partial charge >= 0.3 is 5.97 Å². The number of hydrogen-bond acceptors (Lipinski definition) is 4. The number of carboxylic acid groups (broad SMARTS) is 1. The minimum absolute atomic E-state index is 0.0619. The van der Waals surface area contributed by atoms with E-state index in [2.05, 4.69) is 10.2 Å². The van der Waals surface area contributed by atoms with Gasteiger partial charge in [0.15, 0.2) is 0 Å². The molecule has 2 fully saturated rings. The zero-order valence-electron chi connectivity index (χ0n) is 11.5. The fourth-order valence-corrected chi connectivity index (χ4v) is 2.70. The van der Waals surface area contributed by atoms with Crippen molar-refractivity contribution in [1.82, 2.24) is 15.1 Å². The van der Waals surface area contributed by atoms with Gasteiger partial charge in [0.05, 0.1) is 12.0 Å². The molecule has 0 aromatic heterocycles. The third kappa shape index (κ3) is 3.45. The summed E-state index contributed by atoms with van der Waals surface area (Å²) in [7, 11) is 0. The molecule has 0 radical (unpaired) electrons. The summed E-state index contributed by atoms with van der Waals surface area (Å²) < 4.78 is 0. The lowest BCUT2D eigenvalue weighted by Gasteiger charge is -2.24. The van der Waals surface area contributed by atoms with E-state index in [-0.39, 0.29) is 5.91 Å². The highest BCUT2D eigenvalue weighted by Crippen LogP contribution is 2.30. The van der Waals surface area contributed by atoms with Crippen LogP contribution < -0.4 is 5.32 Å². The second kappa shape index (κ2) is 5.88. The molecule has 6 nitrogen and oxygen atoms in total. The van der Waals surface area contributed by atoms with Gasteiger partial charge in [-0.05, 0) is 32.9 Å². The van der Waals surface area contributed by atoms with Gasteiger partial charge in [-0.1, -0.05) is 0 Å². The van der Waals surface area contributed by atoms with Crippen LogP contribution in [0.2, 0.25) is 0 Å². The van der Waals surface area contributed by atoms with Crippen LogP contribution in [-0.4, -0.2) is 72.6 Å². The van der Waals surface area contributed by atoms with E-state index in [1.165, 1.54) is 0 Å². The highest BCUT2D eigenvalue weighted by molar-refractivity contribution is 5.81. The van der Waals surface area contributed by atoms with Crippen LogP contribution in [0, 0.1) is 5.41 Å². The molecular weight excluding hydrogens is 246 g/mol. The number of likely N-dealkylation sites (tertiary alicyclic amines) is 1. The Balaban J connectivity index is 1.85. The number of nitrogens with zero attached hydrogens (tertiary/aromatic N) is 2. The third-order valence-corrected chi connectivity index (χ3v) is 4.13. The van der Waals surface area contributed by atoms with Crippen LogP contribution in [0.3, 0.4) is 0 Å². The SMILES string of the molecule is CC1(C(=O)O)CCN(C(=O)CN2CCCNCC2)C1. The summed E-state index contributed by atoms with van der Waals surface area (Å²) in [5, 5.41) is 12.5. The van der Waals surface area contributed by atoms with Gasteiger partial charge in [0.25, 0.3) is 0 Å². The van der Waals surface area contributed by atoms with Crippen molar-refractivity contribution in [2.45, 2.75) is 19.8 Å². The van der Waals surface area contributed by atoms with Crippen LogP contribution in [0.5, 0.6) is 0 Å². The van der Waals surface area contributed by atoms with Gasteiger partial charge in [-0.25, -0.2) is 0 Å². The van der Waals surface area contributed by atoms with Gasteiger partial charge in [0.2, 0.25) is 5.91 Å². The Hall–Kier alpha value is -1.14. The van der Waals surface area contributed by atoms with Crippen LogP contribution >= 0.6 is 0 Å². The van der Waals surface area contributed by atoms with Gasteiger partial charge in [-0.3, -0.25) is 14.5 Å². The molecule has 2 rings (SSSR count). The summed E-state index contributed by atoms with van der Waals surface area (Å²) in [6.07, 6.45) is 1.61. The molecule has 0 spiro atoms. The van der Waals surface area contributed by atoms with Crippen molar-refractivity contribution in [2.75, 3.05) is 45.8 Å². The first-order valence-corrected chi connectivity index (χ1v) is 6.95. The van der Waals surface area contributed by atoms with Crippen LogP contribution in [0.4, 0.5) is 0 Å². The summed E-state index contributed by atoms with van der Waals surface area (Å²) in [6.45, 7) is 6.78. The van der Waals surface area contributed by atoms with Gasteiger partial charge in [0, 0.05) is 26.2 Å². The fourth-order valence-electron chi connectivity index (χ4n) is 2.70. The molecule has 1 unspecified atom stereocenters. The summed E-state index contributed by atoms with van der Waals surface area (Å²) in [4.78, 5) is 27.2. The Morgan fingerprint density at radius 2 is 2.05 bits per heavy atom. The fraction of sp³-hybridized carbons (Fsp3) is 0.846. The number of amides is 1. The number of carbonyl (C=O) groups is 2. The lowest BCUT2D eigenvalue weighted by molar-refractivity contribution is -0.147. The van der Waals surface area contributed by atoms with Gasteiger partial charge in [0.1, 0.15) is 0 Å². The second-order valence-electron chi connectivity index (χ2n) is 5.81. The van der Waals surface area contributed by atoms with Crippen molar-refractivity contribution >= 4 is 11.9 Å². The maximum absolute atomic E-state index is 12.2. The Kier molecular flexibility index (Phi) is 4.42. The molecule has 1 amide bonds. The predicted molar refractivity (Wildman–Crippen MR) is 70.9 cm³/mol. The van der Waals surface area contributed by atoms with Crippen molar-refractivity contribution in [1.29, 1.82) is 0 Å². The van der Waals surface area contributed by atoms with E-state index in [4.69, 9.17) is 0 Å². The molecule has 6 heteroatoms. The Bertz CT molecular complexity index is 353. The molecule has 0 aliphatic carbocycles. The van der Waals surface area contributed by atoms with Gasteiger partial charge in [-0.2, -0.15) is 0 Å². The number of rotatable bonds is 3. The maximum atomic E-state index is 12.2. The summed E-state index contributed by atoms with van der Waals surface area (Å²) in [5.74, 6) is -0.742. The molecule has 2 saturated heterocycles. The Morgan fingerprint density at radius 3 is 2.74 bits per heavy atom. The lowest BCUT2D eigenvalue weighted by Crippen LogP contribution is -2.42. The van der Waals surface area contributed by atoms with E-state index in [1.54, 1.807) is 11.8 Å². The minimum Gasteiger partial charge on any atom is -0.481 e. The van der Waals surface area contributed by atoms with Gasteiger partial charge < -0.3 is 15.3 Å². The smallest absolute Gasteiger partial charge is 0.311 e. The van der Waals surface area contributed by atoms with Crippen LogP contribution in [-0.2, 0) is 9.59 Å². The van der Waals surface area contributed by atoms with Crippen molar-refractivity contribution in [3.05, 3.63) is 0 Å². The number of hydrogen-bond donors (Lipinski definition) is 2. The van der Waals surface area contributed by atoms with E-state index in [0.29, 0.717) is 26.1 Å². The topological polar surface area (TPSA) is 72.9 Å². The second-order valence-corrected chi connectivity index (χ2v) is 5.81. The number of aliphatic carboxylic acids is 1. The normalized spacial score (nSPS) is 29.2. The molecule has 2 aliphatic heterocycles. The Morgan fingerprint density at radius 1 is 1.26 bits per heavy atom. The van der Waals surface area contributed by atoms with Gasteiger partial charge in [-0.15, -0.1) is 0 Å². The average Bonchev–Trinajstić information content (AvgIpc) is 2.60. The molecule has 19 heavy (non-hydrogen) atoms. The molecule has 0 aromatic rings. The first-order valence-electron chi connectivity index (χ1n) is 6.95. The molecule has 0 saturated carbocycles. The maximum Gasteiger partial charge on any atom is 0.311 e. The van der Waals surface area contributed by atoms with E-state index >= 15 is 0 Å². The molecule has 2 aliphatic rings. The third-order valence-electron chi connectivity index (χ3n) is 4.13. The van der Waals surface area contributed by atoms with Crippen LogP contribution in [0.25, 0.3) is 0 Å². The minimum atomic E-state index is -0.804. The Labute approximate surface area is 113 Å². The predicted octanol–water partition coefficient (Wildman–Crippen LogP) is -0.395. The van der Waals surface area contributed by atoms with Crippen molar-refractivity contribution in [3.8, 4) is 0 Å². The zero-order chi connectivity index (χ0) is 13.9. The number of carboxylic acids is 1. The summed E-state index contributed by atoms with van der Waals surface area (Å²) >= 11 is 0. The molecular formula is C13H23N3O3. The quantitative estimate of drug-likeness (QED) is 0.730. The summed E-state index contributed by atoms with van der Waals surface area (Å²) in [6, 6.07) is 0. The van der Waals surface area contributed by atoms with E-state index in [1.807, 2.05) is 0 Å². The number of nitrogens with one attached hydrogen (secondary N) is 1. The van der Waals surface area contributed by atoms with Crippen LogP contribution in [0.1, 0.15) is 19.8 Å². The van der Waals surface area contributed by atoms with Crippen molar-refractivity contribution in [2.24, 2.45) is 5.41 Å². The first-order chi connectivity index (χ1) is 9.01. The number of carbonyl (C=O) groups excluding carboxylic acids is 1. The molecule has 0 bridgehead atoms. The molecule has 2 N–H and O–H groups in total. The van der Waals surface area contributed by atoms with E-state index in [0.717, 1.165) is 32.6 Å². The molecule has 2 heterocycles. The lowest BCUT2D eigenvalue weighted by atomic mass is 9.90. The highest BCUT2D eigenvalue weighted by atomic mass is 16.4. The standard InChI is InChI=1S/C13H23N3O3/c1-13(12(18)19)3-7-16(10-13)11(17)9-15-6-2-4-14-5-8-15/h14H,2-10H2,1H3,(H,18,19). The van der Waals surface area contributed by atoms with E-state index in [9.17, 15) is 14.7 Å². The average molecular weight is 269 g/mol. The first kappa shape index (κ1) is 14.3. The highest BCUT2D eigenvalue weighted by Gasteiger charge is 2.42. The van der Waals surface area contributed by atoms with E-state index < -0.39 is 11.4 Å². The van der Waals surface area contributed by atoms with Crippen molar-refractivity contribution in [3.63, 3.8) is 0 Å². The van der Waals surface area contributed by atoms with Crippen LogP contribution in [0.15, 0.2) is 0 Å². The zero-order valence-corrected chi connectivity index (χ0v) is 11.5. The molecule has 108 valence electrons. The molecule has 1 atom stereocenters. The largest absolute Gasteiger partial charge is 0.481 e. The summed E-state index contributed by atoms with van der Waals surface area (Å²) in [5.41, 5.74) is -0.768.